The highest BCUT2D eigenvalue weighted by atomic mass is 35.5. The number of rotatable bonds is 10. The van der Waals surface area contributed by atoms with Gasteiger partial charge in [0.1, 0.15) is 0 Å². The summed E-state index contributed by atoms with van der Waals surface area (Å²) in [4.78, 5) is 12.4. The number of hydrogen-bond acceptors (Lipinski definition) is 5. The molecule has 0 aliphatic heterocycles. The number of nitrogens with one attached hydrogen (secondary N) is 2. The van der Waals surface area contributed by atoms with Crippen LogP contribution in [0.25, 0.3) is 0 Å². The molecule has 0 saturated heterocycles. The summed E-state index contributed by atoms with van der Waals surface area (Å²) >= 11 is 12.0. The Labute approximate surface area is 227 Å². The highest BCUT2D eigenvalue weighted by molar-refractivity contribution is 7.92. The zero-order valence-corrected chi connectivity index (χ0v) is 23.6. The van der Waals surface area contributed by atoms with Gasteiger partial charge in [-0.2, -0.15) is 0 Å². The molecule has 3 aromatic rings. The Morgan fingerprint density at radius 1 is 0.919 bits per heavy atom. The SMILES string of the molecule is Cc1ccc(N(CCCC(=O)Nc2ccc(S(=O)(=O)Nc3cccc(Cl)c3Cl)cc2)S(C)(=O)=O)cc1C. The zero-order valence-electron chi connectivity index (χ0n) is 20.5. The van der Waals surface area contributed by atoms with Gasteiger partial charge in [0.25, 0.3) is 10.0 Å². The molecule has 0 radical (unpaired) electrons. The van der Waals surface area contributed by atoms with Gasteiger partial charge in [-0.25, -0.2) is 16.8 Å². The van der Waals surface area contributed by atoms with Crippen LogP contribution in [0.15, 0.2) is 65.6 Å². The maximum atomic E-state index is 12.7. The molecule has 0 fully saturated rings. The van der Waals surface area contributed by atoms with Crippen molar-refractivity contribution in [2.45, 2.75) is 31.6 Å². The number of nitrogens with zero attached hydrogens (tertiary/aromatic N) is 1. The number of sulfonamides is 2. The molecule has 0 aliphatic rings. The highest BCUT2D eigenvalue weighted by Crippen LogP contribution is 2.31. The van der Waals surface area contributed by atoms with E-state index in [1.54, 1.807) is 24.3 Å². The summed E-state index contributed by atoms with van der Waals surface area (Å²) in [5, 5.41) is 3.00. The Kier molecular flexibility index (Phi) is 9.12. The predicted molar refractivity (Wildman–Crippen MR) is 150 cm³/mol. The molecule has 37 heavy (non-hydrogen) atoms. The minimum atomic E-state index is -3.94. The molecule has 1 amide bonds. The Bertz CT molecular complexity index is 1510. The van der Waals surface area contributed by atoms with Crippen molar-refractivity contribution in [3.63, 3.8) is 0 Å². The van der Waals surface area contributed by atoms with Gasteiger partial charge in [-0.15, -0.1) is 0 Å². The summed E-state index contributed by atoms with van der Waals surface area (Å²) in [6, 6.07) is 15.6. The van der Waals surface area contributed by atoms with Crippen molar-refractivity contribution in [3.8, 4) is 0 Å². The minimum absolute atomic E-state index is 0.0290. The fourth-order valence-corrected chi connectivity index (χ4v) is 5.91. The van der Waals surface area contributed by atoms with Crippen LogP contribution in [-0.4, -0.2) is 35.5 Å². The maximum Gasteiger partial charge on any atom is 0.261 e. The molecule has 0 unspecified atom stereocenters. The van der Waals surface area contributed by atoms with Crippen LogP contribution < -0.4 is 14.3 Å². The number of benzene rings is 3. The van der Waals surface area contributed by atoms with E-state index in [0.717, 1.165) is 17.4 Å². The van der Waals surface area contributed by atoms with E-state index < -0.39 is 20.0 Å². The molecule has 2 N–H and O–H groups in total. The van der Waals surface area contributed by atoms with Gasteiger partial charge in [-0.1, -0.05) is 35.3 Å². The van der Waals surface area contributed by atoms with Gasteiger partial charge >= 0.3 is 0 Å². The molecule has 0 bridgehead atoms. The third kappa shape index (κ3) is 7.61. The second-order valence-electron chi connectivity index (χ2n) is 8.49. The second kappa shape index (κ2) is 11.7. The van der Waals surface area contributed by atoms with Gasteiger partial charge in [0.15, 0.2) is 0 Å². The fraction of sp³-hybridized carbons (Fsp3) is 0.240. The standard InChI is InChI=1S/C25H27Cl2N3O5S2/c1-17-9-12-20(16-18(17)2)30(36(3,32)33)15-5-8-24(31)28-19-10-13-21(14-11-19)37(34,35)29-23-7-4-6-22(26)25(23)27/h4,6-7,9-14,16,29H,5,8,15H2,1-3H3,(H,28,31). The molecule has 3 aromatic carbocycles. The molecule has 3 rings (SSSR count). The van der Waals surface area contributed by atoms with E-state index in [2.05, 4.69) is 10.0 Å². The topological polar surface area (TPSA) is 113 Å². The quantitative estimate of drug-likeness (QED) is 0.322. The third-order valence-electron chi connectivity index (χ3n) is 5.59. The highest BCUT2D eigenvalue weighted by Gasteiger charge is 2.19. The number of halogens is 2. The molecule has 12 heteroatoms. The molecular formula is C25H27Cl2N3O5S2. The van der Waals surface area contributed by atoms with Gasteiger partial charge < -0.3 is 5.32 Å². The van der Waals surface area contributed by atoms with Crippen molar-refractivity contribution in [3.05, 3.63) is 81.8 Å². The number of aryl methyl sites for hydroxylation is 2. The summed E-state index contributed by atoms with van der Waals surface area (Å²) in [6.07, 6.45) is 1.50. The molecule has 0 saturated carbocycles. The lowest BCUT2D eigenvalue weighted by Gasteiger charge is -2.23. The molecule has 0 spiro atoms. The first-order valence-electron chi connectivity index (χ1n) is 11.2. The van der Waals surface area contributed by atoms with E-state index in [1.807, 2.05) is 19.9 Å². The number of anilines is 3. The summed E-state index contributed by atoms with van der Waals surface area (Å²) < 4.78 is 53.7. The van der Waals surface area contributed by atoms with E-state index >= 15 is 0 Å². The van der Waals surface area contributed by atoms with Crippen LogP contribution in [0, 0.1) is 13.8 Å². The number of amides is 1. The lowest BCUT2D eigenvalue weighted by Crippen LogP contribution is -2.31. The molecule has 8 nitrogen and oxygen atoms in total. The number of carbonyl (C=O) groups excluding carboxylic acids is 1. The second-order valence-corrected chi connectivity index (χ2v) is 12.9. The van der Waals surface area contributed by atoms with Crippen LogP contribution in [0.1, 0.15) is 24.0 Å². The Hall–Kier alpha value is -2.79. The van der Waals surface area contributed by atoms with Crippen LogP contribution in [0.4, 0.5) is 17.1 Å². The monoisotopic (exact) mass is 583 g/mol. The van der Waals surface area contributed by atoms with Gasteiger partial charge in [0.05, 0.1) is 32.6 Å². The van der Waals surface area contributed by atoms with Crippen LogP contribution >= 0.6 is 23.2 Å². The lowest BCUT2D eigenvalue weighted by molar-refractivity contribution is -0.116. The van der Waals surface area contributed by atoms with E-state index in [0.29, 0.717) is 17.8 Å². The van der Waals surface area contributed by atoms with Crippen molar-refractivity contribution in [2.75, 3.05) is 27.1 Å². The van der Waals surface area contributed by atoms with Gasteiger partial charge in [-0.3, -0.25) is 13.8 Å². The number of carbonyl (C=O) groups is 1. The average Bonchev–Trinajstić information content (AvgIpc) is 2.81. The van der Waals surface area contributed by atoms with Gasteiger partial charge in [0, 0.05) is 18.7 Å². The zero-order chi connectivity index (χ0) is 27.4. The van der Waals surface area contributed by atoms with E-state index in [-0.39, 0.29) is 39.5 Å². The van der Waals surface area contributed by atoms with Crippen LogP contribution in [0.3, 0.4) is 0 Å². The summed E-state index contributed by atoms with van der Waals surface area (Å²) in [5.41, 5.74) is 3.13. The molecular weight excluding hydrogens is 557 g/mol. The van der Waals surface area contributed by atoms with Gasteiger partial charge in [0.2, 0.25) is 15.9 Å². The third-order valence-corrected chi connectivity index (χ3v) is 8.98. The smallest absolute Gasteiger partial charge is 0.261 e. The van der Waals surface area contributed by atoms with Crippen LogP contribution in [0.5, 0.6) is 0 Å². The van der Waals surface area contributed by atoms with Crippen LogP contribution in [0.2, 0.25) is 10.0 Å². The summed E-state index contributed by atoms with van der Waals surface area (Å²) in [6.45, 7) is 4.00. The molecule has 0 heterocycles. The predicted octanol–water partition coefficient (Wildman–Crippen LogP) is 5.60. The van der Waals surface area contributed by atoms with E-state index in [1.165, 1.54) is 34.6 Å². The van der Waals surface area contributed by atoms with Crippen molar-refractivity contribution >= 4 is 66.2 Å². The Morgan fingerprint density at radius 3 is 2.22 bits per heavy atom. The summed E-state index contributed by atoms with van der Waals surface area (Å²) in [5.74, 6) is -0.326. The Morgan fingerprint density at radius 2 is 1.59 bits per heavy atom. The first kappa shape index (κ1) is 28.8. The first-order chi connectivity index (χ1) is 17.3. The van der Waals surface area contributed by atoms with Crippen molar-refractivity contribution in [2.24, 2.45) is 0 Å². The van der Waals surface area contributed by atoms with E-state index in [4.69, 9.17) is 23.2 Å². The fourth-order valence-electron chi connectivity index (χ4n) is 3.48. The van der Waals surface area contributed by atoms with Crippen LogP contribution in [-0.2, 0) is 24.8 Å². The first-order valence-corrected chi connectivity index (χ1v) is 15.3. The molecule has 198 valence electrons. The summed E-state index contributed by atoms with van der Waals surface area (Å²) in [7, 11) is -7.46. The van der Waals surface area contributed by atoms with Crippen molar-refractivity contribution in [1.82, 2.24) is 0 Å². The molecule has 0 atom stereocenters. The maximum absolute atomic E-state index is 12.7. The minimum Gasteiger partial charge on any atom is -0.326 e. The van der Waals surface area contributed by atoms with Crippen molar-refractivity contribution in [1.29, 1.82) is 0 Å². The molecule has 0 aliphatic carbocycles. The lowest BCUT2D eigenvalue weighted by atomic mass is 10.1. The van der Waals surface area contributed by atoms with Gasteiger partial charge in [-0.05, 0) is 79.9 Å². The van der Waals surface area contributed by atoms with Crippen molar-refractivity contribution < 1.29 is 21.6 Å². The van der Waals surface area contributed by atoms with E-state index in [9.17, 15) is 21.6 Å². The molecule has 0 aromatic heterocycles. The Balaban J connectivity index is 1.60. The average molecular weight is 585 g/mol. The normalized spacial score (nSPS) is 11.7. The largest absolute Gasteiger partial charge is 0.326 e. The number of hydrogen-bond donors (Lipinski definition) is 2.